The Morgan fingerprint density at radius 1 is 0.841 bits per heavy atom. The van der Waals surface area contributed by atoms with E-state index in [0.717, 1.165) is 38.4 Å². The third kappa shape index (κ3) is 5.07. The number of nitrogens with zero attached hydrogens (tertiary/aromatic N) is 2. The van der Waals surface area contributed by atoms with Crippen molar-refractivity contribution in [3.63, 3.8) is 0 Å². The summed E-state index contributed by atoms with van der Waals surface area (Å²) >= 11 is 0. The van der Waals surface area contributed by atoms with Gasteiger partial charge in [0.05, 0.1) is 22.9 Å². The van der Waals surface area contributed by atoms with Gasteiger partial charge in [-0.15, -0.1) is 0 Å². The summed E-state index contributed by atoms with van der Waals surface area (Å²) in [5.41, 5.74) is 3.98. The fraction of sp³-hybridized carbons (Fsp3) is 0.0857. The highest BCUT2D eigenvalue weighted by molar-refractivity contribution is 7.90. The van der Waals surface area contributed by atoms with Gasteiger partial charge < -0.3 is 9.73 Å². The molecular weight excluding hydrogens is 572 g/mol. The normalized spacial score (nSPS) is 15.0. The minimum absolute atomic E-state index is 0.0391. The number of aryl methyl sites for hydroxylation is 1. The van der Waals surface area contributed by atoms with Gasteiger partial charge in [0, 0.05) is 12.1 Å². The molecule has 6 aromatic rings. The zero-order valence-corrected chi connectivity index (χ0v) is 24.6. The summed E-state index contributed by atoms with van der Waals surface area (Å²) in [7, 11) is -4.13. The molecule has 0 bridgehead atoms. The van der Waals surface area contributed by atoms with E-state index in [1.807, 2.05) is 60.5 Å². The summed E-state index contributed by atoms with van der Waals surface area (Å²) in [5, 5.41) is 14.0. The van der Waals surface area contributed by atoms with Crippen molar-refractivity contribution in [2.75, 3.05) is 10.3 Å². The summed E-state index contributed by atoms with van der Waals surface area (Å²) < 4.78 is 34.1. The third-order valence-electron chi connectivity index (χ3n) is 7.89. The zero-order valence-electron chi connectivity index (χ0n) is 23.8. The van der Waals surface area contributed by atoms with Crippen molar-refractivity contribution in [1.29, 1.82) is 0 Å². The number of hydrazone groups is 1. The fourth-order valence-electron chi connectivity index (χ4n) is 5.79. The molecule has 2 heterocycles. The molecule has 9 heteroatoms. The molecule has 1 unspecified atom stereocenters. The fourth-order valence-corrected chi connectivity index (χ4v) is 6.70. The average Bonchev–Trinajstić information content (AvgIpc) is 3.72. The first kappa shape index (κ1) is 27.4. The van der Waals surface area contributed by atoms with E-state index >= 15 is 0 Å². The molecule has 0 spiro atoms. The molecule has 8 nitrogen and oxygen atoms in total. The van der Waals surface area contributed by atoms with Crippen LogP contribution in [0.4, 0.5) is 16.2 Å². The molecule has 0 radical (unpaired) electrons. The second-order valence-electron chi connectivity index (χ2n) is 10.7. The molecule has 1 aromatic heterocycles. The minimum atomic E-state index is -4.13. The van der Waals surface area contributed by atoms with E-state index in [1.54, 1.807) is 30.5 Å². The smallest absolute Gasteiger partial charge is 0.333 e. The SMILES string of the molecule is Cc1ccccc1NC(=O)NS(=O)(=O)c1ccc(N2N=C(c3ccco3)CC2c2c3ccccc3cc3ccccc23)cc1. The van der Waals surface area contributed by atoms with Crippen molar-refractivity contribution in [2.24, 2.45) is 5.10 Å². The van der Waals surface area contributed by atoms with Crippen LogP contribution in [0, 0.1) is 6.92 Å². The molecule has 1 aliphatic heterocycles. The number of benzene rings is 5. The lowest BCUT2D eigenvalue weighted by Gasteiger charge is -2.26. The van der Waals surface area contributed by atoms with Crippen molar-refractivity contribution in [3.8, 4) is 0 Å². The number of nitrogens with one attached hydrogen (secondary N) is 2. The number of rotatable bonds is 6. The van der Waals surface area contributed by atoms with Crippen molar-refractivity contribution in [3.05, 3.63) is 138 Å². The van der Waals surface area contributed by atoms with Crippen LogP contribution in [0.2, 0.25) is 0 Å². The molecule has 2 N–H and O–H groups in total. The first-order valence-corrected chi connectivity index (χ1v) is 15.7. The predicted molar refractivity (Wildman–Crippen MR) is 173 cm³/mol. The topological polar surface area (TPSA) is 104 Å². The van der Waals surface area contributed by atoms with Crippen molar-refractivity contribution in [2.45, 2.75) is 24.3 Å². The van der Waals surface area contributed by atoms with Gasteiger partial charge in [0.2, 0.25) is 0 Å². The quantitative estimate of drug-likeness (QED) is 0.190. The van der Waals surface area contributed by atoms with E-state index in [-0.39, 0.29) is 10.9 Å². The highest BCUT2D eigenvalue weighted by Gasteiger charge is 2.33. The first-order valence-electron chi connectivity index (χ1n) is 14.2. The molecule has 44 heavy (non-hydrogen) atoms. The lowest BCUT2D eigenvalue weighted by Crippen LogP contribution is -2.34. The van der Waals surface area contributed by atoms with Gasteiger partial charge in [-0.1, -0.05) is 66.7 Å². The second kappa shape index (κ2) is 11.0. The number of carbonyl (C=O) groups excluding carboxylic acids is 1. The van der Waals surface area contributed by atoms with Gasteiger partial charge in [-0.05, 0) is 88.1 Å². The molecule has 5 aromatic carbocycles. The van der Waals surface area contributed by atoms with Crippen LogP contribution in [-0.2, 0) is 10.0 Å². The van der Waals surface area contributed by atoms with Gasteiger partial charge in [0.15, 0.2) is 0 Å². The monoisotopic (exact) mass is 600 g/mol. The van der Waals surface area contributed by atoms with Crippen molar-refractivity contribution < 1.29 is 17.6 Å². The molecule has 0 saturated heterocycles. The Morgan fingerprint density at radius 2 is 1.50 bits per heavy atom. The van der Waals surface area contributed by atoms with Gasteiger partial charge in [0.1, 0.15) is 11.5 Å². The van der Waals surface area contributed by atoms with Crippen LogP contribution in [-0.4, -0.2) is 20.2 Å². The number of anilines is 2. The molecule has 1 atom stereocenters. The number of urea groups is 1. The van der Waals surface area contributed by atoms with E-state index in [2.05, 4.69) is 40.4 Å². The van der Waals surface area contributed by atoms with Crippen LogP contribution >= 0.6 is 0 Å². The average molecular weight is 601 g/mol. The van der Waals surface area contributed by atoms with Crippen LogP contribution in [0.3, 0.4) is 0 Å². The van der Waals surface area contributed by atoms with Gasteiger partial charge in [-0.3, -0.25) is 5.01 Å². The van der Waals surface area contributed by atoms with Gasteiger partial charge in [0.25, 0.3) is 10.0 Å². The Hall–Kier alpha value is -5.41. The highest BCUT2D eigenvalue weighted by atomic mass is 32.2. The maximum absolute atomic E-state index is 13.1. The van der Waals surface area contributed by atoms with Crippen LogP contribution < -0.4 is 15.0 Å². The van der Waals surface area contributed by atoms with E-state index in [0.29, 0.717) is 23.6 Å². The standard InChI is InChI=1S/C35H28N4O4S/c1-23-9-2-7-14-30(23)36-35(40)38-44(41,42)27-18-16-26(17-19-27)39-32(22-31(37-39)33-15-8-20-43-33)34-28-12-5-3-10-24(28)21-25-11-4-6-13-29(25)34/h2-21,32H,22H2,1H3,(H2,36,38,40). The van der Waals surface area contributed by atoms with Crippen LogP contribution in [0.1, 0.15) is 29.3 Å². The largest absolute Gasteiger partial charge is 0.463 e. The number of para-hydroxylation sites is 1. The van der Waals surface area contributed by atoms with E-state index in [9.17, 15) is 13.2 Å². The van der Waals surface area contributed by atoms with Gasteiger partial charge >= 0.3 is 6.03 Å². The van der Waals surface area contributed by atoms with E-state index in [4.69, 9.17) is 9.52 Å². The Balaban J connectivity index is 1.25. The lowest BCUT2D eigenvalue weighted by atomic mass is 9.90. The van der Waals surface area contributed by atoms with Crippen LogP contribution in [0.25, 0.3) is 21.5 Å². The van der Waals surface area contributed by atoms with Crippen molar-refractivity contribution >= 4 is 54.7 Å². The first-order chi connectivity index (χ1) is 21.4. The number of furan rings is 1. The molecule has 0 fully saturated rings. The lowest BCUT2D eigenvalue weighted by molar-refractivity contribution is 0.256. The predicted octanol–water partition coefficient (Wildman–Crippen LogP) is 7.76. The minimum Gasteiger partial charge on any atom is -0.463 e. The summed E-state index contributed by atoms with van der Waals surface area (Å²) in [6, 6.07) is 35.1. The number of hydrogen-bond donors (Lipinski definition) is 2. The maximum atomic E-state index is 13.1. The third-order valence-corrected chi connectivity index (χ3v) is 9.24. The van der Waals surface area contributed by atoms with Crippen molar-refractivity contribution in [1.82, 2.24) is 4.72 Å². The number of carbonyl (C=O) groups is 1. The summed E-state index contributed by atoms with van der Waals surface area (Å²) in [5.74, 6) is 0.685. The molecule has 0 saturated carbocycles. The number of hydrogen-bond acceptors (Lipinski definition) is 6. The Labute approximate surface area is 254 Å². The Kier molecular flexibility index (Phi) is 6.87. The number of sulfonamides is 1. The molecule has 7 rings (SSSR count). The van der Waals surface area contributed by atoms with Gasteiger partial charge in [-0.2, -0.15) is 5.10 Å². The summed E-state index contributed by atoms with van der Waals surface area (Å²) in [6.07, 6.45) is 2.22. The number of amides is 2. The molecule has 1 aliphatic rings. The van der Waals surface area contributed by atoms with Gasteiger partial charge in [-0.25, -0.2) is 17.9 Å². The number of fused-ring (bicyclic) bond motifs is 2. The van der Waals surface area contributed by atoms with E-state index in [1.165, 1.54) is 12.1 Å². The summed E-state index contributed by atoms with van der Waals surface area (Å²) in [4.78, 5) is 12.5. The van der Waals surface area contributed by atoms with E-state index < -0.39 is 16.1 Å². The van der Waals surface area contributed by atoms with Crippen LogP contribution in [0.5, 0.6) is 0 Å². The Morgan fingerprint density at radius 3 is 2.16 bits per heavy atom. The molecule has 218 valence electrons. The Bertz CT molecular complexity index is 2100. The van der Waals surface area contributed by atoms with Crippen LogP contribution in [0.15, 0.2) is 136 Å². The zero-order chi connectivity index (χ0) is 30.3. The summed E-state index contributed by atoms with van der Waals surface area (Å²) in [6.45, 7) is 1.83. The highest BCUT2D eigenvalue weighted by Crippen LogP contribution is 2.43. The second-order valence-corrected chi connectivity index (χ2v) is 12.4. The maximum Gasteiger partial charge on any atom is 0.333 e. The molecule has 2 amide bonds. The molecule has 0 aliphatic carbocycles. The molecular formula is C35H28N4O4S.